The van der Waals surface area contributed by atoms with E-state index in [1.807, 2.05) is 20.8 Å². The second-order valence-electron chi connectivity index (χ2n) is 4.90. The van der Waals surface area contributed by atoms with Gasteiger partial charge < -0.3 is 15.7 Å². The molecule has 1 unspecified atom stereocenters. The number of hydrogen-bond donors (Lipinski definition) is 3. The molecule has 0 bridgehead atoms. The van der Waals surface area contributed by atoms with E-state index in [-0.39, 0.29) is 23.9 Å². The lowest BCUT2D eigenvalue weighted by Crippen LogP contribution is -2.50. The fraction of sp³-hybridized carbons (Fsp3) is 0.833. The molecule has 0 saturated heterocycles. The Kier molecular flexibility index (Phi) is 6.80. The summed E-state index contributed by atoms with van der Waals surface area (Å²) in [5.74, 6) is -0.858. The van der Waals surface area contributed by atoms with E-state index in [0.29, 0.717) is 13.0 Å². The number of carboxylic acids is 1. The van der Waals surface area contributed by atoms with Gasteiger partial charge in [0.15, 0.2) is 0 Å². The van der Waals surface area contributed by atoms with Crippen molar-refractivity contribution >= 4 is 11.9 Å². The largest absolute Gasteiger partial charge is 0.481 e. The molecule has 0 aromatic heterocycles. The Morgan fingerprint density at radius 3 is 2.41 bits per heavy atom. The van der Waals surface area contributed by atoms with Gasteiger partial charge in [-0.25, -0.2) is 0 Å². The first kappa shape index (κ1) is 15.9. The van der Waals surface area contributed by atoms with E-state index < -0.39 is 5.97 Å². The van der Waals surface area contributed by atoms with E-state index in [2.05, 4.69) is 10.6 Å². The molecule has 0 aromatic carbocycles. The maximum absolute atomic E-state index is 11.8. The maximum atomic E-state index is 11.8. The lowest BCUT2D eigenvalue weighted by atomic mass is 10.0. The number of amides is 1. The lowest BCUT2D eigenvalue weighted by molar-refractivity contribution is -0.137. The van der Waals surface area contributed by atoms with Gasteiger partial charge in [-0.05, 0) is 40.2 Å². The van der Waals surface area contributed by atoms with Crippen molar-refractivity contribution in [1.29, 1.82) is 0 Å². The lowest BCUT2D eigenvalue weighted by Gasteiger charge is -2.26. The van der Waals surface area contributed by atoms with Crippen molar-refractivity contribution < 1.29 is 14.7 Å². The molecular weight excluding hydrogens is 220 g/mol. The highest BCUT2D eigenvalue weighted by atomic mass is 16.4. The van der Waals surface area contributed by atoms with Crippen molar-refractivity contribution in [1.82, 2.24) is 10.6 Å². The normalized spacial score (nSPS) is 13.2. The number of carbonyl (C=O) groups excluding carboxylic acids is 1. The van der Waals surface area contributed by atoms with E-state index in [4.69, 9.17) is 5.11 Å². The van der Waals surface area contributed by atoms with Crippen LogP contribution in [0.2, 0.25) is 0 Å². The van der Waals surface area contributed by atoms with E-state index >= 15 is 0 Å². The number of nitrogens with one attached hydrogen (secondary N) is 2. The minimum absolute atomic E-state index is 0.0489. The van der Waals surface area contributed by atoms with Crippen molar-refractivity contribution in [2.45, 2.75) is 58.5 Å². The fourth-order valence-corrected chi connectivity index (χ4v) is 1.18. The van der Waals surface area contributed by atoms with Crippen LogP contribution in [0.1, 0.15) is 47.0 Å². The molecule has 17 heavy (non-hydrogen) atoms. The predicted octanol–water partition coefficient (Wildman–Crippen LogP) is 1.13. The SMILES string of the molecule is CCC(C)(C)NC(=O)C(C)NCCCC(=O)O. The summed E-state index contributed by atoms with van der Waals surface area (Å²) in [6.07, 6.45) is 1.52. The van der Waals surface area contributed by atoms with Crippen LogP contribution in [0.5, 0.6) is 0 Å². The second kappa shape index (κ2) is 7.27. The summed E-state index contributed by atoms with van der Waals surface area (Å²) in [7, 11) is 0. The Balaban J connectivity index is 3.86. The highest BCUT2D eigenvalue weighted by Crippen LogP contribution is 2.06. The highest BCUT2D eigenvalue weighted by molar-refractivity contribution is 5.81. The molecule has 0 aliphatic carbocycles. The fourth-order valence-electron chi connectivity index (χ4n) is 1.18. The quantitative estimate of drug-likeness (QED) is 0.559. The average molecular weight is 244 g/mol. The molecule has 1 amide bonds. The zero-order valence-corrected chi connectivity index (χ0v) is 11.2. The maximum Gasteiger partial charge on any atom is 0.303 e. The molecule has 0 fully saturated rings. The van der Waals surface area contributed by atoms with Gasteiger partial charge in [0.25, 0.3) is 0 Å². The van der Waals surface area contributed by atoms with E-state index in [1.54, 1.807) is 6.92 Å². The van der Waals surface area contributed by atoms with Crippen LogP contribution in [0.15, 0.2) is 0 Å². The van der Waals surface area contributed by atoms with Crippen LogP contribution in [0, 0.1) is 0 Å². The Morgan fingerprint density at radius 2 is 1.94 bits per heavy atom. The zero-order valence-electron chi connectivity index (χ0n) is 11.2. The van der Waals surface area contributed by atoms with Gasteiger partial charge in [-0.1, -0.05) is 6.92 Å². The molecule has 0 rings (SSSR count). The summed E-state index contributed by atoms with van der Waals surface area (Å²) >= 11 is 0. The van der Waals surface area contributed by atoms with Crippen LogP contribution in [0.4, 0.5) is 0 Å². The third kappa shape index (κ3) is 7.74. The minimum Gasteiger partial charge on any atom is -0.481 e. The van der Waals surface area contributed by atoms with Gasteiger partial charge in [0, 0.05) is 12.0 Å². The molecule has 0 spiro atoms. The third-order valence-electron chi connectivity index (χ3n) is 2.76. The van der Waals surface area contributed by atoms with Gasteiger partial charge in [0.2, 0.25) is 5.91 Å². The number of aliphatic carboxylic acids is 1. The van der Waals surface area contributed by atoms with Gasteiger partial charge >= 0.3 is 5.97 Å². The first-order valence-electron chi connectivity index (χ1n) is 6.05. The number of rotatable bonds is 8. The van der Waals surface area contributed by atoms with E-state index in [9.17, 15) is 9.59 Å². The Labute approximate surface area is 103 Å². The zero-order chi connectivity index (χ0) is 13.5. The van der Waals surface area contributed by atoms with Crippen LogP contribution in [0.3, 0.4) is 0 Å². The van der Waals surface area contributed by atoms with Crippen molar-refractivity contribution in [3.63, 3.8) is 0 Å². The molecule has 0 aliphatic rings. The number of carboxylic acid groups (broad SMARTS) is 1. The van der Waals surface area contributed by atoms with Crippen molar-refractivity contribution in [2.75, 3.05) is 6.54 Å². The first-order valence-corrected chi connectivity index (χ1v) is 6.05. The standard InChI is InChI=1S/C12H24N2O3/c1-5-12(3,4)14-11(17)9(2)13-8-6-7-10(15)16/h9,13H,5-8H2,1-4H3,(H,14,17)(H,15,16). The second-order valence-corrected chi connectivity index (χ2v) is 4.90. The predicted molar refractivity (Wildman–Crippen MR) is 66.8 cm³/mol. The summed E-state index contributed by atoms with van der Waals surface area (Å²) in [6, 6.07) is -0.297. The number of carbonyl (C=O) groups is 2. The smallest absolute Gasteiger partial charge is 0.303 e. The van der Waals surface area contributed by atoms with Gasteiger partial charge in [0.05, 0.1) is 6.04 Å². The molecule has 0 heterocycles. The number of hydrogen-bond acceptors (Lipinski definition) is 3. The summed E-state index contributed by atoms with van der Waals surface area (Å²) in [6.45, 7) is 8.28. The summed E-state index contributed by atoms with van der Waals surface area (Å²) < 4.78 is 0. The van der Waals surface area contributed by atoms with Gasteiger partial charge in [-0.2, -0.15) is 0 Å². The van der Waals surface area contributed by atoms with Crippen LogP contribution in [0.25, 0.3) is 0 Å². The van der Waals surface area contributed by atoms with Gasteiger partial charge in [0.1, 0.15) is 0 Å². The summed E-state index contributed by atoms with van der Waals surface area (Å²) in [4.78, 5) is 22.1. The molecular formula is C12H24N2O3. The molecule has 1 atom stereocenters. The van der Waals surface area contributed by atoms with Crippen LogP contribution in [-0.4, -0.2) is 35.1 Å². The van der Waals surface area contributed by atoms with Crippen LogP contribution in [-0.2, 0) is 9.59 Å². The minimum atomic E-state index is -0.809. The van der Waals surface area contributed by atoms with Crippen LogP contribution >= 0.6 is 0 Å². The summed E-state index contributed by atoms with van der Waals surface area (Å²) in [5.41, 5.74) is -0.200. The Morgan fingerprint density at radius 1 is 1.35 bits per heavy atom. The Hall–Kier alpha value is -1.10. The average Bonchev–Trinajstić information content (AvgIpc) is 2.23. The molecule has 3 N–H and O–H groups in total. The molecule has 100 valence electrons. The van der Waals surface area contributed by atoms with Gasteiger partial charge in [-0.15, -0.1) is 0 Å². The Bertz CT molecular complexity index is 264. The molecule has 5 nitrogen and oxygen atoms in total. The van der Waals surface area contributed by atoms with Crippen LogP contribution < -0.4 is 10.6 Å². The molecule has 5 heteroatoms. The van der Waals surface area contributed by atoms with Crippen molar-refractivity contribution in [3.05, 3.63) is 0 Å². The molecule has 0 saturated carbocycles. The van der Waals surface area contributed by atoms with Gasteiger partial charge in [-0.3, -0.25) is 9.59 Å². The highest BCUT2D eigenvalue weighted by Gasteiger charge is 2.21. The molecule has 0 radical (unpaired) electrons. The van der Waals surface area contributed by atoms with Crippen molar-refractivity contribution in [3.8, 4) is 0 Å². The van der Waals surface area contributed by atoms with Crippen molar-refractivity contribution in [2.24, 2.45) is 0 Å². The molecule has 0 aromatic rings. The third-order valence-corrected chi connectivity index (χ3v) is 2.76. The summed E-state index contributed by atoms with van der Waals surface area (Å²) in [5, 5.41) is 14.4. The van der Waals surface area contributed by atoms with E-state index in [0.717, 1.165) is 6.42 Å². The topological polar surface area (TPSA) is 78.4 Å². The van der Waals surface area contributed by atoms with E-state index in [1.165, 1.54) is 0 Å². The molecule has 0 aliphatic heterocycles. The first-order chi connectivity index (χ1) is 7.78. The monoisotopic (exact) mass is 244 g/mol.